The second-order valence-corrected chi connectivity index (χ2v) is 10.1. The third-order valence-electron chi connectivity index (χ3n) is 6.12. The van der Waals surface area contributed by atoms with Crippen LogP contribution in [0.3, 0.4) is 0 Å². The molecule has 2 aromatic rings. The Hall–Kier alpha value is -2.35. The van der Waals surface area contributed by atoms with Crippen molar-refractivity contribution in [3.63, 3.8) is 0 Å². The normalized spacial score (nSPS) is 22.0. The molecule has 2 N–H and O–H groups in total. The SMILES string of the molecule is CC(=O)Nc1cccc(-n2c(SC(C)C(=O)NC3CCCCC3C)nnc2C2CC2)c1. The first kappa shape index (κ1) is 21.9. The molecule has 1 aromatic heterocycles. The van der Waals surface area contributed by atoms with Crippen LogP contribution in [0.5, 0.6) is 0 Å². The summed E-state index contributed by atoms with van der Waals surface area (Å²) in [5, 5.41) is 15.4. The first-order valence-corrected chi connectivity index (χ1v) is 12.1. The fraction of sp³-hybridized carbons (Fsp3) is 0.565. The molecule has 1 aromatic carbocycles. The zero-order valence-corrected chi connectivity index (χ0v) is 19.2. The fourth-order valence-corrected chi connectivity index (χ4v) is 5.06. The third kappa shape index (κ3) is 5.29. The van der Waals surface area contributed by atoms with Crippen molar-refractivity contribution in [1.82, 2.24) is 20.1 Å². The van der Waals surface area contributed by atoms with Crippen LogP contribution < -0.4 is 10.6 Å². The van der Waals surface area contributed by atoms with Gasteiger partial charge in [0.05, 0.1) is 10.9 Å². The molecule has 4 rings (SSSR count). The summed E-state index contributed by atoms with van der Waals surface area (Å²) in [6, 6.07) is 7.94. The Morgan fingerprint density at radius 1 is 1.16 bits per heavy atom. The second-order valence-electron chi connectivity index (χ2n) is 8.82. The largest absolute Gasteiger partial charge is 0.352 e. The Kier molecular flexibility index (Phi) is 6.65. The number of carbonyl (C=O) groups is 2. The number of benzene rings is 1. The first-order valence-electron chi connectivity index (χ1n) is 11.2. The van der Waals surface area contributed by atoms with E-state index < -0.39 is 0 Å². The van der Waals surface area contributed by atoms with E-state index in [0.717, 1.165) is 36.5 Å². The average molecular weight is 442 g/mol. The van der Waals surface area contributed by atoms with Gasteiger partial charge in [0.25, 0.3) is 0 Å². The summed E-state index contributed by atoms with van der Waals surface area (Å²) < 4.78 is 2.04. The van der Waals surface area contributed by atoms with Crippen molar-refractivity contribution in [2.24, 2.45) is 5.92 Å². The summed E-state index contributed by atoms with van der Waals surface area (Å²) in [5.41, 5.74) is 1.63. The van der Waals surface area contributed by atoms with E-state index >= 15 is 0 Å². The maximum Gasteiger partial charge on any atom is 0.233 e. The summed E-state index contributed by atoms with van der Waals surface area (Å²) in [7, 11) is 0. The fourth-order valence-electron chi connectivity index (χ4n) is 4.17. The first-order chi connectivity index (χ1) is 14.9. The van der Waals surface area contributed by atoms with E-state index in [1.165, 1.54) is 37.9 Å². The number of carbonyl (C=O) groups excluding carboxylic acids is 2. The lowest BCUT2D eigenvalue weighted by molar-refractivity contribution is -0.121. The van der Waals surface area contributed by atoms with Crippen LogP contribution in [0.1, 0.15) is 71.0 Å². The van der Waals surface area contributed by atoms with E-state index in [0.29, 0.717) is 17.0 Å². The lowest BCUT2D eigenvalue weighted by atomic mass is 9.86. The molecule has 3 atom stereocenters. The van der Waals surface area contributed by atoms with Crippen molar-refractivity contribution in [2.75, 3.05) is 5.32 Å². The van der Waals surface area contributed by atoms with E-state index in [1.807, 2.05) is 35.8 Å². The number of hydrogen-bond donors (Lipinski definition) is 2. The van der Waals surface area contributed by atoms with Gasteiger partial charge in [-0.25, -0.2) is 0 Å². The molecule has 8 heteroatoms. The molecule has 3 unspecified atom stereocenters. The monoisotopic (exact) mass is 441 g/mol. The van der Waals surface area contributed by atoms with Crippen LogP contribution in [0.25, 0.3) is 5.69 Å². The number of anilines is 1. The zero-order chi connectivity index (χ0) is 22.0. The molecule has 2 saturated carbocycles. The van der Waals surface area contributed by atoms with Crippen molar-refractivity contribution in [3.05, 3.63) is 30.1 Å². The summed E-state index contributed by atoms with van der Waals surface area (Å²) in [4.78, 5) is 24.4. The van der Waals surface area contributed by atoms with Crippen molar-refractivity contribution >= 4 is 29.3 Å². The summed E-state index contributed by atoms with van der Waals surface area (Å²) >= 11 is 1.44. The molecule has 0 saturated heterocycles. The molecule has 166 valence electrons. The standard InChI is InChI=1S/C23H31N5O2S/c1-14-7-4-5-10-20(14)25-22(30)15(2)31-23-27-26-21(17-11-12-17)28(23)19-9-6-8-18(13-19)24-16(3)29/h6,8-9,13-15,17,20H,4-5,7,10-12H2,1-3H3,(H,24,29)(H,25,30). The Morgan fingerprint density at radius 2 is 1.94 bits per heavy atom. The van der Waals surface area contributed by atoms with Gasteiger partial charge in [0.2, 0.25) is 11.8 Å². The van der Waals surface area contributed by atoms with Crippen LogP contribution in [0, 0.1) is 5.92 Å². The van der Waals surface area contributed by atoms with Crippen LogP contribution in [0.4, 0.5) is 5.69 Å². The quantitative estimate of drug-likeness (QED) is 0.626. The van der Waals surface area contributed by atoms with Crippen LogP contribution in [-0.2, 0) is 9.59 Å². The number of nitrogens with zero attached hydrogens (tertiary/aromatic N) is 3. The van der Waals surface area contributed by atoms with Crippen LogP contribution in [0.15, 0.2) is 29.4 Å². The van der Waals surface area contributed by atoms with Gasteiger partial charge in [-0.1, -0.05) is 37.6 Å². The molecular formula is C23H31N5O2S. The Bertz CT molecular complexity index is 955. The topological polar surface area (TPSA) is 88.9 Å². The Balaban J connectivity index is 1.54. The predicted molar refractivity (Wildman–Crippen MR) is 123 cm³/mol. The molecule has 0 bridgehead atoms. The molecular weight excluding hydrogens is 410 g/mol. The highest BCUT2D eigenvalue weighted by Crippen LogP contribution is 2.41. The zero-order valence-electron chi connectivity index (χ0n) is 18.4. The molecule has 7 nitrogen and oxygen atoms in total. The van der Waals surface area contributed by atoms with Crippen LogP contribution in [0.2, 0.25) is 0 Å². The van der Waals surface area contributed by atoms with E-state index in [2.05, 4.69) is 27.8 Å². The lowest BCUT2D eigenvalue weighted by Gasteiger charge is -2.30. The second kappa shape index (κ2) is 9.42. The lowest BCUT2D eigenvalue weighted by Crippen LogP contribution is -2.44. The molecule has 2 amide bonds. The number of rotatable bonds is 7. The minimum absolute atomic E-state index is 0.0540. The van der Waals surface area contributed by atoms with Gasteiger partial charge in [0.1, 0.15) is 5.82 Å². The van der Waals surface area contributed by atoms with Crippen LogP contribution in [-0.4, -0.2) is 37.9 Å². The van der Waals surface area contributed by atoms with E-state index in [9.17, 15) is 9.59 Å². The van der Waals surface area contributed by atoms with E-state index in [-0.39, 0.29) is 23.1 Å². The Morgan fingerprint density at radius 3 is 2.65 bits per heavy atom. The Labute approximate surface area is 187 Å². The molecule has 1 heterocycles. The van der Waals surface area contributed by atoms with E-state index in [1.54, 1.807) is 0 Å². The third-order valence-corrected chi connectivity index (χ3v) is 7.16. The summed E-state index contributed by atoms with van der Waals surface area (Å²) in [6.07, 6.45) is 6.87. The highest BCUT2D eigenvalue weighted by atomic mass is 32.2. The molecule has 2 aliphatic rings. The highest BCUT2D eigenvalue weighted by Gasteiger charge is 2.32. The molecule has 2 fully saturated rings. The number of aromatic nitrogens is 3. The van der Waals surface area contributed by atoms with Gasteiger partial charge >= 0.3 is 0 Å². The predicted octanol–water partition coefficient (Wildman–Crippen LogP) is 4.28. The summed E-state index contributed by atoms with van der Waals surface area (Å²) in [6.45, 7) is 5.65. The maximum atomic E-state index is 12.9. The van der Waals surface area contributed by atoms with Gasteiger partial charge in [0, 0.05) is 24.6 Å². The minimum atomic E-state index is -0.275. The molecule has 0 radical (unpaired) electrons. The number of nitrogens with one attached hydrogen (secondary N) is 2. The van der Waals surface area contributed by atoms with Gasteiger partial charge in [0.15, 0.2) is 5.16 Å². The number of amides is 2. The van der Waals surface area contributed by atoms with Gasteiger partial charge in [-0.2, -0.15) is 0 Å². The van der Waals surface area contributed by atoms with E-state index in [4.69, 9.17) is 0 Å². The van der Waals surface area contributed by atoms with Crippen LogP contribution >= 0.6 is 11.8 Å². The number of hydrogen-bond acceptors (Lipinski definition) is 5. The minimum Gasteiger partial charge on any atom is -0.352 e. The van der Waals surface area contributed by atoms with Crippen molar-refractivity contribution in [3.8, 4) is 5.69 Å². The molecule has 31 heavy (non-hydrogen) atoms. The van der Waals surface area contributed by atoms with Crippen molar-refractivity contribution < 1.29 is 9.59 Å². The van der Waals surface area contributed by atoms with Gasteiger partial charge in [-0.15, -0.1) is 10.2 Å². The van der Waals surface area contributed by atoms with Crippen molar-refractivity contribution in [2.45, 2.75) is 81.7 Å². The highest BCUT2D eigenvalue weighted by molar-refractivity contribution is 8.00. The van der Waals surface area contributed by atoms with Gasteiger partial charge < -0.3 is 10.6 Å². The van der Waals surface area contributed by atoms with Gasteiger partial charge in [-0.05, 0) is 56.7 Å². The van der Waals surface area contributed by atoms with Crippen molar-refractivity contribution in [1.29, 1.82) is 0 Å². The van der Waals surface area contributed by atoms with Gasteiger partial charge in [-0.3, -0.25) is 14.2 Å². The molecule has 0 aliphatic heterocycles. The maximum absolute atomic E-state index is 12.9. The smallest absolute Gasteiger partial charge is 0.233 e. The molecule has 0 spiro atoms. The summed E-state index contributed by atoms with van der Waals surface area (Å²) in [5.74, 6) is 1.80. The average Bonchev–Trinajstić information content (AvgIpc) is 3.49. The molecule has 2 aliphatic carbocycles. The number of thioether (sulfide) groups is 1.